The van der Waals surface area contributed by atoms with Crippen molar-refractivity contribution in [2.24, 2.45) is 5.92 Å². The predicted octanol–water partition coefficient (Wildman–Crippen LogP) is 3.13. The highest BCUT2D eigenvalue weighted by molar-refractivity contribution is 5.89. The molecule has 0 heterocycles. The number of benzene rings is 1. The first-order chi connectivity index (χ1) is 8.86. The Balaban J connectivity index is 3.07. The molecule has 0 fully saturated rings. The van der Waals surface area contributed by atoms with E-state index in [0.717, 1.165) is 12.1 Å². The maximum Gasteiger partial charge on any atom is 0.335 e. The summed E-state index contributed by atoms with van der Waals surface area (Å²) in [5.74, 6) is -0.442. The lowest BCUT2D eigenvalue weighted by Crippen LogP contribution is -2.30. The summed E-state index contributed by atoms with van der Waals surface area (Å²) in [5, 5.41) is 18.1. The lowest BCUT2D eigenvalue weighted by Gasteiger charge is -2.29. The molecule has 102 valence electrons. The molecule has 0 saturated carbocycles. The van der Waals surface area contributed by atoms with Gasteiger partial charge in [0.25, 0.3) is 0 Å². The molecule has 1 aromatic carbocycles. The Hall–Kier alpha value is -2.02. The fourth-order valence-electron chi connectivity index (χ4n) is 2.14. The number of carboxylic acid groups (broad SMARTS) is 1. The standard InChI is InChI=1S/C15H20N2O2/c1-10(2)7-11(3)17(4)14-6-5-12(15(18)19)8-13(14)9-16/h5-6,8,10-11H,7H2,1-4H3,(H,18,19). The van der Waals surface area contributed by atoms with Crippen molar-refractivity contribution in [2.45, 2.75) is 33.2 Å². The third-order valence-corrected chi connectivity index (χ3v) is 3.22. The van der Waals surface area contributed by atoms with Gasteiger partial charge in [-0.2, -0.15) is 5.26 Å². The van der Waals surface area contributed by atoms with E-state index in [-0.39, 0.29) is 5.56 Å². The van der Waals surface area contributed by atoms with E-state index in [1.807, 2.05) is 11.9 Å². The summed E-state index contributed by atoms with van der Waals surface area (Å²) in [7, 11) is 1.93. The number of hydrogen-bond acceptors (Lipinski definition) is 3. The molecule has 0 aliphatic carbocycles. The zero-order valence-electron chi connectivity index (χ0n) is 11.8. The Morgan fingerprint density at radius 2 is 2.05 bits per heavy atom. The van der Waals surface area contributed by atoms with Gasteiger partial charge in [-0.1, -0.05) is 13.8 Å². The van der Waals surface area contributed by atoms with Crippen LogP contribution in [0.4, 0.5) is 5.69 Å². The number of aromatic carboxylic acids is 1. The van der Waals surface area contributed by atoms with Gasteiger partial charge in [0.1, 0.15) is 6.07 Å². The van der Waals surface area contributed by atoms with Crippen molar-refractivity contribution in [3.63, 3.8) is 0 Å². The highest BCUT2D eigenvalue weighted by Gasteiger charge is 2.16. The smallest absolute Gasteiger partial charge is 0.335 e. The van der Waals surface area contributed by atoms with Crippen molar-refractivity contribution in [2.75, 3.05) is 11.9 Å². The second-order valence-electron chi connectivity index (χ2n) is 5.24. The third kappa shape index (κ3) is 3.72. The van der Waals surface area contributed by atoms with Gasteiger partial charge < -0.3 is 10.0 Å². The van der Waals surface area contributed by atoms with Gasteiger partial charge in [0.2, 0.25) is 0 Å². The molecule has 0 aliphatic rings. The number of nitriles is 1. The molecular weight excluding hydrogens is 240 g/mol. The molecule has 4 nitrogen and oxygen atoms in total. The summed E-state index contributed by atoms with van der Waals surface area (Å²) in [6.07, 6.45) is 1.02. The Bertz CT molecular complexity index is 503. The fraction of sp³-hybridized carbons (Fsp3) is 0.467. The van der Waals surface area contributed by atoms with Crippen LogP contribution in [0.3, 0.4) is 0 Å². The zero-order valence-corrected chi connectivity index (χ0v) is 11.8. The van der Waals surface area contributed by atoms with E-state index in [4.69, 9.17) is 10.4 Å². The summed E-state index contributed by atoms with van der Waals surface area (Å²) < 4.78 is 0. The molecule has 0 aliphatic heterocycles. The van der Waals surface area contributed by atoms with Gasteiger partial charge in [-0.05, 0) is 37.5 Å². The number of carbonyl (C=O) groups is 1. The van der Waals surface area contributed by atoms with Crippen LogP contribution in [-0.2, 0) is 0 Å². The molecule has 0 spiro atoms. The van der Waals surface area contributed by atoms with Crippen LogP contribution < -0.4 is 4.90 Å². The summed E-state index contributed by atoms with van der Waals surface area (Å²) in [4.78, 5) is 12.9. The van der Waals surface area contributed by atoms with Gasteiger partial charge in [-0.3, -0.25) is 0 Å². The number of rotatable bonds is 5. The Kier molecular flexibility index (Phi) is 4.94. The maximum atomic E-state index is 10.9. The van der Waals surface area contributed by atoms with Crippen molar-refractivity contribution in [3.8, 4) is 6.07 Å². The minimum Gasteiger partial charge on any atom is -0.478 e. The monoisotopic (exact) mass is 260 g/mol. The number of anilines is 1. The first kappa shape index (κ1) is 15.0. The molecule has 0 saturated heterocycles. The quantitative estimate of drug-likeness (QED) is 0.883. The molecule has 19 heavy (non-hydrogen) atoms. The molecule has 4 heteroatoms. The van der Waals surface area contributed by atoms with Crippen LogP contribution in [0.15, 0.2) is 18.2 Å². The third-order valence-electron chi connectivity index (χ3n) is 3.22. The average molecular weight is 260 g/mol. The summed E-state index contributed by atoms with van der Waals surface area (Å²) >= 11 is 0. The van der Waals surface area contributed by atoms with Gasteiger partial charge in [0, 0.05) is 13.1 Å². The van der Waals surface area contributed by atoms with Crippen LogP contribution in [0.1, 0.15) is 43.1 Å². The van der Waals surface area contributed by atoms with Crippen LogP contribution in [0.25, 0.3) is 0 Å². The first-order valence-corrected chi connectivity index (χ1v) is 6.37. The van der Waals surface area contributed by atoms with Crippen LogP contribution in [0, 0.1) is 17.2 Å². The number of nitrogens with zero attached hydrogens (tertiary/aromatic N) is 2. The normalized spacial score (nSPS) is 12.0. The van der Waals surface area contributed by atoms with E-state index in [9.17, 15) is 4.79 Å². The molecule has 0 bridgehead atoms. The second-order valence-corrected chi connectivity index (χ2v) is 5.24. The molecule has 1 unspecified atom stereocenters. The molecule has 1 N–H and O–H groups in total. The lowest BCUT2D eigenvalue weighted by atomic mass is 10.0. The van der Waals surface area contributed by atoms with Gasteiger partial charge in [0.15, 0.2) is 0 Å². The van der Waals surface area contributed by atoms with Crippen LogP contribution >= 0.6 is 0 Å². The molecule has 0 radical (unpaired) electrons. The van der Waals surface area contributed by atoms with E-state index in [0.29, 0.717) is 17.5 Å². The van der Waals surface area contributed by atoms with Crippen LogP contribution in [0.5, 0.6) is 0 Å². The fourth-order valence-corrected chi connectivity index (χ4v) is 2.14. The first-order valence-electron chi connectivity index (χ1n) is 6.37. The van der Waals surface area contributed by atoms with Crippen LogP contribution in [0.2, 0.25) is 0 Å². The number of carboxylic acids is 1. The SMILES string of the molecule is CC(C)CC(C)N(C)c1ccc(C(=O)O)cc1C#N. The van der Waals surface area contributed by atoms with Crippen LogP contribution in [-0.4, -0.2) is 24.2 Å². The molecule has 0 amide bonds. The van der Waals surface area contributed by atoms with E-state index in [2.05, 4.69) is 26.8 Å². The average Bonchev–Trinajstić information content (AvgIpc) is 2.36. The molecule has 0 aromatic heterocycles. The van der Waals surface area contributed by atoms with Crippen molar-refractivity contribution in [1.29, 1.82) is 5.26 Å². The second kappa shape index (κ2) is 6.24. The predicted molar refractivity (Wildman–Crippen MR) is 75.4 cm³/mol. The topological polar surface area (TPSA) is 64.3 Å². The van der Waals surface area contributed by atoms with E-state index in [1.165, 1.54) is 12.1 Å². The molecular formula is C15H20N2O2. The maximum absolute atomic E-state index is 10.9. The highest BCUT2D eigenvalue weighted by atomic mass is 16.4. The summed E-state index contributed by atoms with van der Waals surface area (Å²) in [6.45, 7) is 6.42. The largest absolute Gasteiger partial charge is 0.478 e. The van der Waals surface area contributed by atoms with Gasteiger partial charge in [-0.15, -0.1) is 0 Å². The van der Waals surface area contributed by atoms with Gasteiger partial charge in [-0.25, -0.2) is 4.79 Å². The molecule has 1 aromatic rings. The van der Waals surface area contributed by atoms with Gasteiger partial charge in [0.05, 0.1) is 16.8 Å². The minimum absolute atomic E-state index is 0.144. The summed E-state index contributed by atoms with van der Waals surface area (Å²) in [5.41, 5.74) is 1.32. The lowest BCUT2D eigenvalue weighted by molar-refractivity contribution is 0.0697. The molecule has 1 rings (SSSR count). The molecule has 1 atom stereocenters. The van der Waals surface area contributed by atoms with Crippen molar-refractivity contribution < 1.29 is 9.90 Å². The Morgan fingerprint density at radius 1 is 1.42 bits per heavy atom. The van der Waals surface area contributed by atoms with E-state index >= 15 is 0 Å². The highest BCUT2D eigenvalue weighted by Crippen LogP contribution is 2.24. The Morgan fingerprint density at radius 3 is 2.53 bits per heavy atom. The van der Waals surface area contributed by atoms with Crippen molar-refractivity contribution in [3.05, 3.63) is 29.3 Å². The van der Waals surface area contributed by atoms with Gasteiger partial charge >= 0.3 is 5.97 Å². The summed E-state index contributed by atoms with van der Waals surface area (Å²) in [6, 6.07) is 7.04. The van der Waals surface area contributed by atoms with Crippen molar-refractivity contribution in [1.82, 2.24) is 0 Å². The zero-order chi connectivity index (χ0) is 14.6. The van der Waals surface area contributed by atoms with E-state index < -0.39 is 5.97 Å². The van der Waals surface area contributed by atoms with Crippen molar-refractivity contribution >= 4 is 11.7 Å². The minimum atomic E-state index is -1.01. The Labute approximate surface area is 114 Å². The van der Waals surface area contributed by atoms with E-state index in [1.54, 1.807) is 6.07 Å². The number of hydrogen-bond donors (Lipinski definition) is 1.